The number of non-ortho nitro benzene ring substituents is 1. The number of rotatable bonds is 8. The molecule has 10 heteroatoms. The minimum absolute atomic E-state index is 0.00193. The predicted octanol–water partition coefficient (Wildman–Crippen LogP) is 4.57. The molecule has 0 bridgehead atoms. The van der Waals surface area contributed by atoms with E-state index < -0.39 is 22.2 Å². The molecule has 0 fully saturated rings. The van der Waals surface area contributed by atoms with Gasteiger partial charge in [0.15, 0.2) is 6.10 Å². The normalized spacial score (nSPS) is 17.2. The predicted molar refractivity (Wildman–Crippen MR) is 141 cm³/mol. The maximum atomic E-state index is 14.1. The van der Waals surface area contributed by atoms with E-state index in [9.17, 15) is 19.7 Å². The molecule has 0 saturated carbocycles. The minimum Gasteiger partial charge on any atom is -0.497 e. The lowest BCUT2D eigenvalue weighted by Gasteiger charge is -2.28. The van der Waals surface area contributed by atoms with Crippen molar-refractivity contribution in [2.75, 3.05) is 39.2 Å². The first kappa shape index (κ1) is 26.2. The second-order valence-electron chi connectivity index (χ2n) is 8.71. The number of carbonyl (C=O) groups excluding carboxylic acids is 2. The molecule has 0 saturated heterocycles. The summed E-state index contributed by atoms with van der Waals surface area (Å²) >= 11 is 1.44. The Balaban J connectivity index is 1.76. The first-order valence-corrected chi connectivity index (χ1v) is 12.5. The number of nitrogens with zero attached hydrogens (tertiary/aromatic N) is 3. The van der Waals surface area contributed by atoms with Gasteiger partial charge in [0, 0.05) is 30.1 Å². The highest BCUT2D eigenvalue weighted by atomic mass is 32.2. The molecule has 1 heterocycles. The van der Waals surface area contributed by atoms with Crippen LogP contribution in [0.2, 0.25) is 0 Å². The van der Waals surface area contributed by atoms with E-state index in [1.807, 2.05) is 55.4 Å². The lowest BCUT2D eigenvalue weighted by atomic mass is 10.0. The molecule has 0 aliphatic carbocycles. The van der Waals surface area contributed by atoms with E-state index >= 15 is 0 Å². The third kappa shape index (κ3) is 5.92. The number of hydrogen-bond donors (Lipinski definition) is 0. The molecule has 1 amide bonds. The number of amides is 1. The van der Waals surface area contributed by atoms with Crippen LogP contribution in [0, 0.1) is 10.1 Å². The molecule has 192 valence electrons. The van der Waals surface area contributed by atoms with E-state index in [0.29, 0.717) is 18.8 Å². The van der Waals surface area contributed by atoms with Crippen molar-refractivity contribution in [1.82, 2.24) is 4.90 Å². The summed E-state index contributed by atoms with van der Waals surface area (Å²) in [6, 6.07) is 20.2. The van der Waals surface area contributed by atoms with Crippen LogP contribution in [0.1, 0.15) is 21.2 Å². The summed E-state index contributed by atoms with van der Waals surface area (Å²) < 4.78 is 11.2. The van der Waals surface area contributed by atoms with Crippen LogP contribution in [0.25, 0.3) is 0 Å². The van der Waals surface area contributed by atoms with Gasteiger partial charge in [0.1, 0.15) is 5.75 Å². The van der Waals surface area contributed by atoms with Crippen LogP contribution in [-0.2, 0) is 9.53 Å². The van der Waals surface area contributed by atoms with Gasteiger partial charge >= 0.3 is 5.97 Å². The van der Waals surface area contributed by atoms with Crippen molar-refractivity contribution in [3.05, 3.63) is 94.0 Å². The first-order valence-electron chi connectivity index (χ1n) is 11.6. The SMILES string of the molecule is COc1ccc([C@@H]2Sc3ccccc3N(CCN(C)C)C(=O)[C@@H]2OC(=O)c2cccc([N+](=O)[O-])c2)cc1. The van der Waals surface area contributed by atoms with Gasteiger partial charge in [-0.1, -0.05) is 30.3 Å². The number of benzene rings is 3. The number of nitro benzene ring substituents is 1. The van der Waals surface area contributed by atoms with Gasteiger partial charge in [0.25, 0.3) is 11.6 Å². The lowest BCUT2D eigenvalue weighted by Crippen LogP contribution is -2.45. The highest BCUT2D eigenvalue weighted by Crippen LogP contribution is 2.47. The Kier molecular flexibility index (Phi) is 8.10. The standard InChI is InChI=1S/C27H27N3O6S/c1-28(2)15-16-29-22-9-4-5-10-23(22)37-25(18-11-13-21(35-3)14-12-18)24(26(29)31)36-27(32)19-7-6-8-20(17-19)30(33)34/h4-14,17,24-25H,15-16H2,1-3H3/t24-,25+/m1/s1. The molecule has 0 unspecified atom stereocenters. The fraction of sp³-hybridized carbons (Fsp3) is 0.259. The summed E-state index contributed by atoms with van der Waals surface area (Å²) in [5.74, 6) is -0.509. The number of thioether (sulfide) groups is 1. The highest BCUT2D eigenvalue weighted by molar-refractivity contribution is 7.99. The van der Waals surface area contributed by atoms with Crippen molar-refractivity contribution < 1.29 is 24.0 Å². The number of esters is 1. The van der Waals surface area contributed by atoms with E-state index in [1.165, 1.54) is 30.0 Å². The Hall–Kier alpha value is -3.89. The van der Waals surface area contributed by atoms with Crippen LogP contribution < -0.4 is 9.64 Å². The number of hydrogen-bond acceptors (Lipinski definition) is 8. The van der Waals surface area contributed by atoms with Gasteiger partial charge in [0.05, 0.1) is 28.5 Å². The Bertz CT molecular complexity index is 1300. The van der Waals surface area contributed by atoms with E-state index in [-0.39, 0.29) is 17.2 Å². The van der Waals surface area contributed by atoms with Crippen LogP contribution >= 0.6 is 11.8 Å². The quantitative estimate of drug-likeness (QED) is 0.241. The van der Waals surface area contributed by atoms with Crippen molar-refractivity contribution >= 4 is 35.0 Å². The smallest absolute Gasteiger partial charge is 0.339 e. The van der Waals surface area contributed by atoms with E-state index in [4.69, 9.17) is 9.47 Å². The highest BCUT2D eigenvalue weighted by Gasteiger charge is 2.41. The molecule has 2 atom stereocenters. The molecule has 37 heavy (non-hydrogen) atoms. The zero-order valence-corrected chi connectivity index (χ0v) is 21.5. The topological polar surface area (TPSA) is 102 Å². The van der Waals surface area contributed by atoms with E-state index in [2.05, 4.69) is 0 Å². The number of methoxy groups -OCH3 is 1. The molecule has 1 aliphatic heterocycles. The van der Waals surface area contributed by atoms with Gasteiger partial charge in [-0.2, -0.15) is 0 Å². The third-order valence-electron chi connectivity index (χ3n) is 5.94. The Labute approximate surface area is 219 Å². The molecular formula is C27H27N3O6S. The van der Waals surface area contributed by atoms with Crippen molar-refractivity contribution in [3.63, 3.8) is 0 Å². The minimum atomic E-state index is -1.18. The number of para-hydroxylation sites is 1. The van der Waals surface area contributed by atoms with Crippen LogP contribution in [-0.4, -0.2) is 62.1 Å². The Morgan fingerprint density at radius 3 is 2.49 bits per heavy atom. The summed E-state index contributed by atoms with van der Waals surface area (Å²) in [5, 5.41) is 10.7. The van der Waals surface area contributed by atoms with Gasteiger partial charge in [-0.25, -0.2) is 4.79 Å². The summed E-state index contributed by atoms with van der Waals surface area (Å²) in [7, 11) is 5.41. The summed E-state index contributed by atoms with van der Waals surface area (Å²) in [6.07, 6.45) is -1.18. The summed E-state index contributed by atoms with van der Waals surface area (Å²) in [4.78, 5) is 42.4. The number of likely N-dealkylation sites (N-methyl/N-ethyl adjacent to an activating group) is 1. The van der Waals surface area contributed by atoms with Gasteiger partial charge < -0.3 is 19.3 Å². The molecule has 3 aromatic rings. The van der Waals surface area contributed by atoms with Crippen LogP contribution in [0.4, 0.5) is 11.4 Å². The second-order valence-corrected chi connectivity index (χ2v) is 9.89. The van der Waals surface area contributed by atoms with Crippen LogP contribution in [0.3, 0.4) is 0 Å². The fourth-order valence-electron chi connectivity index (χ4n) is 3.99. The molecule has 0 aromatic heterocycles. The number of fused-ring (bicyclic) bond motifs is 1. The Morgan fingerprint density at radius 2 is 1.81 bits per heavy atom. The monoisotopic (exact) mass is 521 g/mol. The molecule has 0 radical (unpaired) electrons. The zero-order chi connectivity index (χ0) is 26.5. The van der Waals surface area contributed by atoms with E-state index in [0.717, 1.165) is 22.2 Å². The molecule has 0 N–H and O–H groups in total. The fourth-order valence-corrected chi connectivity index (χ4v) is 5.31. The Morgan fingerprint density at radius 1 is 1.08 bits per heavy atom. The second kappa shape index (κ2) is 11.4. The molecular weight excluding hydrogens is 494 g/mol. The number of nitro groups is 1. The average molecular weight is 522 g/mol. The van der Waals surface area contributed by atoms with Gasteiger partial charge in [-0.05, 0) is 50.0 Å². The summed E-state index contributed by atoms with van der Waals surface area (Å²) in [6.45, 7) is 0.993. The van der Waals surface area contributed by atoms with Gasteiger partial charge in [-0.15, -0.1) is 11.8 Å². The maximum absolute atomic E-state index is 14.1. The zero-order valence-electron chi connectivity index (χ0n) is 20.7. The van der Waals surface area contributed by atoms with Crippen molar-refractivity contribution in [1.29, 1.82) is 0 Å². The van der Waals surface area contributed by atoms with E-state index in [1.54, 1.807) is 24.1 Å². The average Bonchev–Trinajstić information content (AvgIpc) is 3.02. The largest absolute Gasteiger partial charge is 0.497 e. The summed E-state index contributed by atoms with van der Waals surface area (Å²) in [5.41, 5.74) is 1.29. The number of carbonyl (C=O) groups is 2. The van der Waals surface area contributed by atoms with Crippen molar-refractivity contribution in [2.24, 2.45) is 0 Å². The molecule has 0 spiro atoms. The van der Waals surface area contributed by atoms with Crippen molar-refractivity contribution in [2.45, 2.75) is 16.2 Å². The van der Waals surface area contributed by atoms with Gasteiger partial charge in [-0.3, -0.25) is 14.9 Å². The molecule has 3 aromatic carbocycles. The first-order chi connectivity index (χ1) is 17.8. The molecule has 4 rings (SSSR count). The van der Waals surface area contributed by atoms with Gasteiger partial charge in [0.2, 0.25) is 0 Å². The molecule has 1 aliphatic rings. The van der Waals surface area contributed by atoms with Crippen molar-refractivity contribution in [3.8, 4) is 5.75 Å². The number of ether oxygens (including phenoxy) is 2. The third-order valence-corrected chi connectivity index (χ3v) is 7.31. The van der Waals surface area contributed by atoms with Crippen LogP contribution in [0.15, 0.2) is 77.7 Å². The van der Waals surface area contributed by atoms with Crippen LogP contribution in [0.5, 0.6) is 5.75 Å². The molecule has 9 nitrogen and oxygen atoms in total. The maximum Gasteiger partial charge on any atom is 0.339 e. The lowest BCUT2D eigenvalue weighted by molar-refractivity contribution is -0.384. The number of anilines is 1.